The van der Waals surface area contributed by atoms with Crippen LogP contribution in [0, 0.1) is 0 Å². The molecule has 60 valence electrons. The van der Waals surface area contributed by atoms with Crippen LogP contribution in [0.25, 0.3) is 0 Å². The number of halogens is 1. The van der Waals surface area contributed by atoms with Gasteiger partial charge in [0.05, 0.1) is 7.11 Å². The third-order valence-corrected chi connectivity index (χ3v) is 1.28. The van der Waals surface area contributed by atoms with Crippen molar-refractivity contribution in [2.75, 3.05) is 7.11 Å². The van der Waals surface area contributed by atoms with Crippen molar-refractivity contribution >= 4 is 17.6 Å². The Kier molecular flexibility index (Phi) is 2.00. The molecule has 1 rings (SSSR count). The molecule has 1 aromatic heterocycles. The average Bonchev–Trinajstić information content (AvgIpc) is 2.31. The van der Waals surface area contributed by atoms with Gasteiger partial charge in [-0.25, -0.2) is 4.79 Å². The van der Waals surface area contributed by atoms with Crippen LogP contribution in [0.2, 0.25) is 5.15 Å². The number of methoxy groups -OCH3 is 1. The highest BCUT2D eigenvalue weighted by atomic mass is 35.5. The number of hydrogen-bond acceptors (Lipinski definition) is 3. The Morgan fingerprint density at radius 1 is 1.82 bits per heavy atom. The number of carboxylic acid groups (broad SMARTS) is 1. The predicted molar refractivity (Wildman–Crippen MR) is 37.1 cm³/mol. The molecule has 2 N–H and O–H groups in total. The molecule has 0 saturated heterocycles. The molecular weight excluding hydrogens is 172 g/mol. The summed E-state index contributed by atoms with van der Waals surface area (Å²) in [6.07, 6.45) is 0. The average molecular weight is 177 g/mol. The lowest BCUT2D eigenvalue weighted by Crippen LogP contribution is -1.98. The number of hydrogen-bond donors (Lipinski definition) is 2. The second-order valence-corrected chi connectivity index (χ2v) is 2.09. The number of aromatic carboxylic acids is 1. The fourth-order valence-electron chi connectivity index (χ4n) is 0.573. The van der Waals surface area contributed by atoms with Crippen molar-refractivity contribution in [2.24, 2.45) is 0 Å². The van der Waals surface area contributed by atoms with E-state index in [1.165, 1.54) is 7.11 Å². The van der Waals surface area contributed by atoms with Gasteiger partial charge in [0.2, 0.25) is 5.82 Å². The van der Waals surface area contributed by atoms with Crippen molar-refractivity contribution < 1.29 is 14.6 Å². The maximum Gasteiger partial charge on any atom is 0.372 e. The van der Waals surface area contributed by atoms with Gasteiger partial charge in [0.25, 0.3) is 5.88 Å². The van der Waals surface area contributed by atoms with Crippen LogP contribution in [0.3, 0.4) is 0 Å². The lowest BCUT2D eigenvalue weighted by molar-refractivity contribution is 0.0684. The molecule has 0 aromatic carbocycles. The number of rotatable bonds is 2. The van der Waals surface area contributed by atoms with Crippen molar-refractivity contribution in [1.82, 2.24) is 9.97 Å². The number of nitrogens with zero attached hydrogens (tertiary/aromatic N) is 1. The summed E-state index contributed by atoms with van der Waals surface area (Å²) in [5.74, 6) is -1.31. The minimum atomic E-state index is -1.17. The van der Waals surface area contributed by atoms with Gasteiger partial charge in [-0.1, -0.05) is 11.6 Å². The summed E-state index contributed by atoms with van der Waals surface area (Å²) >= 11 is 5.48. The molecule has 1 aromatic rings. The highest BCUT2D eigenvalue weighted by Gasteiger charge is 2.12. The van der Waals surface area contributed by atoms with Gasteiger partial charge in [-0.2, -0.15) is 4.98 Å². The molecule has 5 nitrogen and oxygen atoms in total. The summed E-state index contributed by atoms with van der Waals surface area (Å²) in [4.78, 5) is 16.1. The van der Waals surface area contributed by atoms with E-state index < -0.39 is 5.97 Å². The van der Waals surface area contributed by atoms with Gasteiger partial charge in [0, 0.05) is 0 Å². The third-order valence-electron chi connectivity index (χ3n) is 1.03. The highest BCUT2D eigenvalue weighted by Crippen LogP contribution is 2.19. The normalized spacial score (nSPS) is 9.64. The van der Waals surface area contributed by atoms with Crippen LogP contribution in [0.4, 0.5) is 0 Å². The molecule has 11 heavy (non-hydrogen) atoms. The van der Waals surface area contributed by atoms with Crippen LogP contribution in [0.1, 0.15) is 10.6 Å². The van der Waals surface area contributed by atoms with Crippen LogP contribution < -0.4 is 4.74 Å². The van der Waals surface area contributed by atoms with Crippen LogP contribution in [0.5, 0.6) is 5.88 Å². The summed E-state index contributed by atoms with van der Waals surface area (Å²) in [6.45, 7) is 0. The van der Waals surface area contributed by atoms with E-state index in [0.717, 1.165) is 0 Å². The van der Waals surface area contributed by atoms with E-state index in [4.69, 9.17) is 16.7 Å². The van der Waals surface area contributed by atoms with Gasteiger partial charge in [-0.3, -0.25) is 0 Å². The van der Waals surface area contributed by atoms with Crippen LogP contribution in [0.15, 0.2) is 0 Å². The van der Waals surface area contributed by atoms with Gasteiger partial charge >= 0.3 is 5.97 Å². The number of carbonyl (C=O) groups is 1. The van der Waals surface area contributed by atoms with Crippen LogP contribution in [-0.4, -0.2) is 28.2 Å². The Labute approximate surface area is 67.0 Å². The monoisotopic (exact) mass is 176 g/mol. The molecule has 0 atom stereocenters. The zero-order chi connectivity index (χ0) is 8.43. The summed E-state index contributed by atoms with van der Waals surface area (Å²) in [5, 5.41) is 8.50. The highest BCUT2D eigenvalue weighted by molar-refractivity contribution is 6.30. The van der Waals surface area contributed by atoms with E-state index in [1.807, 2.05) is 0 Å². The first-order valence-corrected chi connectivity index (χ1v) is 3.05. The Morgan fingerprint density at radius 2 is 2.45 bits per heavy atom. The van der Waals surface area contributed by atoms with Gasteiger partial charge in [-0.05, 0) is 0 Å². The minimum Gasteiger partial charge on any atom is -0.479 e. The molecule has 0 aliphatic carbocycles. The second-order valence-electron chi connectivity index (χ2n) is 1.71. The second kappa shape index (κ2) is 2.79. The lowest BCUT2D eigenvalue weighted by Gasteiger charge is -1.88. The largest absolute Gasteiger partial charge is 0.479 e. The molecule has 0 saturated carbocycles. The fourth-order valence-corrected chi connectivity index (χ4v) is 0.781. The van der Waals surface area contributed by atoms with E-state index in [2.05, 4.69) is 14.7 Å². The maximum atomic E-state index is 10.3. The van der Waals surface area contributed by atoms with Gasteiger partial charge in [-0.15, -0.1) is 0 Å². The first-order chi connectivity index (χ1) is 5.15. The molecule has 0 aliphatic rings. The smallest absolute Gasteiger partial charge is 0.372 e. The van der Waals surface area contributed by atoms with E-state index in [0.29, 0.717) is 0 Å². The van der Waals surface area contributed by atoms with Crippen molar-refractivity contribution in [3.8, 4) is 5.88 Å². The predicted octanol–water partition coefficient (Wildman–Crippen LogP) is 0.770. The third kappa shape index (κ3) is 1.43. The zero-order valence-electron chi connectivity index (χ0n) is 5.59. The number of aromatic amines is 1. The molecule has 0 bridgehead atoms. The molecule has 6 heteroatoms. The summed E-state index contributed by atoms with van der Waals surface area (Å²) in [6, 6.07) is 0. The number of H-pyrrole nitrogens is 1. The van der Waals surface area contributed by atoms with Crippen LogP contribution in [-0.2, 0) is 0 Å². The number of carboxylic acids is 1. The summed E-state index contributed by atoms with van der Waals surface area (Å²) in [7, 11) is 1.35. The summed E-state index contributed by atoms with van der Waals surface area (Å²) < 4.78 is 4.64. The molecule has 1 heterocycles. The van der Waals surface area contributed by atoms with E-state index in [1.54, 1.807) is 0 Å². The van der Waals surface area contributed by atoms with Gasteiger partial charge in [0.1, 0.15) is 0 Å². The molecule has 0 fully saturated rings. The van der Waals surface area contributed by atoms with Gasteiger partial charge < -0.3 is 14.8 Å². The van der Waals surface area contributed by atoms with Crippen molar-refractivity contribution in [3.63, 3.8) is 0 Å². The lowest BCUT2D eigenvalue weighted by atomic mass is 10.6. The minimum absolute atomic E-state index is 0.0871. The Balaban J connectivity index is 3.05. The fraction of sp³-hybridized carbons (Fsp3) is 0.200. The topological polar surface area (TPSA) is 75.2 Å². The first-order valence-electron chi connectivity index (χ1n) is 2.68. The van der Waals surface area contributed by atoms with E-state index >= 15 is 0 Å². The molecule has 0 radical (unpaired) electrons. The SMILES string of the molecule is COc1nc(C(=O)O)[nH]c1Cl. The van der Waals surface area contributed by atoms with E-state index in [9.17, 15) is 4.79 Å². The molecule has 0 amide bonds. The Morgan fingerprint density at radius 3 is 2.73 bits per heavy atom. The van der Waals surface area contributed by atoms with E-state index in [-0.39, 0.29) is 16.9 Å². The Bertz CT molecular complexity index is 283. The molecule has 0 unspecified atom stereocenters. The number of ether oxygens (including phenoxy) is 1. The maximum absolute atomic E-state index is 10.3. The standard InChI is InChI=1S/C5H5ClN2O3/c1-11-4-2(6)7-3(8-4)5(9)10/h1H3,(H,7,8)(H,9,10). The Hall–Kier alpha value is -1.23. The molecule has 0 spiro atoms. The van der Waals surface area contributed by atoms with Crippen molar-refractivity contribution in [2.45, 2.75) is 0 Å². The first kappa shape index (κ1) is 7.87. The molecular formula is C5H5ClN2O3. The van der Waals surface area contributed by atoms with Crippen LogP contribution >= 0.6 is 11.6 Å². The number of imidazole rings is 1. The van der Waals surface area contributed by atoms with Crippen molar-refractivity contribution in [1.29, 1.82) is 0 Å². The zero-order valence-corrected chi connectivity index (χ0v) is 6.34. The van der Waals surface area contributed by atoms with Crippen molar-refractivity contribution in [3.05, 3.63) is 11.0 Å². The van der Waals surface area contributed by atoms with Gasteiger partial charge in [0.15, 0.2) is 5.15 Å². The number of nitrogens with one attached hydrogen (secondary N) is 1. The molecule has 0 aliphatic heterocycles. The quantitative estimate of drug-likeness (QED) is 0.698. The summed E-state index contributed by atoms with van der Waals surface area (Å²) in [5.41, 5.74) is 0. The number of aromatic nitrogens is 2.